The van der Waals surface area contributed by atoms with Gasteiger partial charge in [0.05, 0.1) is 0 Å². The van der Waals surface area contributed by atoms with Crippen LogP contribution >= 0.6 is 0 Å². The zero-order valence-corrected chi connectivity index (χ0v) is 13.3. The lowest BCUT2D eigenvalue weighted by Gasteiger charge is -2.28. The van der Waals surface area contributed by atoms with Crippen molar-refractivity contribution >= 4 is 5.82 Å². The summed E-state index contributed by atoms with van der Waals surface area (Å²) >= 11 is 0. The lowest BCUT2D eigenvalue weighted by molar-refractivity contribution is 0.502. The number of aryl methyl sites for hydroxylation is 1. The van der Waals surface area contributed by atoms with Gasteiger partial charge in [0.25, 0.3) is 0 Å². The van der Waals surface area contributed by atoms with Gasteiger partial charge in [-0.25, -0.2) is 4.98 Å². The molecular weight excluding hydrogens is 234 g/mol. The summed E-state index contributed by atoms with van der Waals surface area (Å²) in [5.41, 5.74) is 2.41. The molecule has 3 heteroatoms. The molecule has 0 bridgehead atoms. The van der Waals surface area contributed by atoms with Gasteiger partial charge in [0.1, 0.15) is 5.82 Å². The smallest absolute Gasteiger partial charge is 0.128 e. The zero-order chi connectivity index (χ0) is 14.4. The van der Waals surface area contributed by atoms with Gasteiger partial charge in [-0.3, -0.25) is 0 Å². The number of anilines is 1. The summed E-state index contributed by atoms with van der Waals surface area (Å²) in [7, 11) is 2.14. The second kappa shape index (κ2) is 7.49. The largest absolute Gasteiger partial charge is 0.357 e. The van der Waals surface area contributed by atoms with Gasteiger partial charge in [0, 0.05) is 25.3 Å². The van der Waals surface area contributed by atoms with E-state index >= 15 is 0 Å². The maximum absolute atomic E-state index is 4.74. The number of pyridine rings is 1. The number of rotatable bonds is 7. The van der Waals surface area contributed by atoms with Crippen LogP contribution in [-0.4, -0.2) is 24.6 Å². The molecule has 1 heterocycles. The second-order valence-corrected chi connectivity index (χ2v) is 5.78. The van der Waals surface area contributed by atoms with E-state index < -0.39 is 0 Å². The van der Waals surface area contributed by atoms with E-state index in [2.05, 4.69) is 64.0 Å². The fourth-order valence-corrected chi connectivity index (χ4v) is 2.29. The molecule has 1 rings (SSSR count). The summed E-state index contributed by atoms with van der Waals surface area (Å²) < 4.78 is 0. The van der Waals surface area contributed by atoms with Gasteiger partial charge < -0.3 is 10.2 Å². The van der Waals surface area contributed by atoms with E-state index in [1.165, 1.54) is 12.0 Å². The van der Waals surface area contributed by atoms with E-state index in [4.69, 9.17) is 4.98 Å². The van der Waals surface area contributed by atoms with Gasteiger partial charge in [-0.2, -0.15) is 0 Å². The molecule has 0 fully saturated rings. The minimum Gasteiger partial charge on any atom is -0.357 e. The molecule has 19 heavy (non-hydrogen) atoms. The Labute approximate surface area is 118 Å². The average molecular weight is 263 g/mol. The molecular formula is C16H29N3. The third-order valence-electron chi connectivity index (χ3n) is 3.58. The Morgan fingerprint density at radius 3 is 2.47 bits per heavy atom. The molecule has 0 saturated carbocycles. The highest BCUT2D eigenvalue weighted by atomic mass is 15.2. The molecule has 1 atom stereocenters. The van der Waals surface area contributed by atoms with Crippen molar-refractivity contribution < 1.29 is 0 Å². The van der Waals surface area contributed by atoms with Crippen LogP contribution in [0.15, 0.2) is 12.1 Å². The first-order valence-electron chi connectivity index (χ1n) is 7.35. The van der Waals surface area contributed by atoms with E-state index in [0.717, 1.165) is 24.6 Å². The van der Waals surface area contributed by atoms with Crippen LogP contribution in [0.25, 0.3) is 0 Å². The topological polar surface area (TPSA) is 28.2 Å². The third-order valence-corrected chi connectivity index (χ3v) is 3.58. The molecule has 0 radical (unpaired) electrons. The van der Waals surface area contributed by atoms with Crippen LogP contribution in [-0.2, 0) is 6.54 Å². The van der Waals surface area contributed by atoms with Gasteiger partial charge in [-0.1, -0.05) is 26.8 Å². The minimum absolute atomic E-state index is 0.520. The predicted molar refractivity (Wildman–Crippen MR) is 83.7 cm³/mol. The highest BCUT2D eigenvalue weighted by Gasteiger charge is 2.13. The van der Waals surface area contributed by atoms with Gasteiger partial charge in [-0.15, -0.1) is 0 Å². The van der Waals surface area contributed by atoms with Gasteiger partial charge >= 0.3 is 0 Å². The fourth-order valence-electron chi connectivity index (χ4n) is 2.29. The van der Waals surface area contributed by atoms with Crippen molar-refractivity contribution in [1.82, 2.24) is 10.3 Å². The van der Waals surface area contributed by atoms with E-state index in [9.17, 15) is 0 Å². The summed E-state index contributed by atoms with van der Waals surface area (Å²) in [6, 6.07) is 4.85. The normalized spacial score (nSPS) is 12.8. The SMILES string of the molecule is CCNCc1ccc(N(C)C(C)CC(C)C)nc1C. The second-order valence-electron chi connectivity index (χ2n) is 5.78. The number of aromatic nitrogens is 1. The molecule has 3 nitrogen and oxygen atoms in total. The number of nitrogens with one attached hydrogen (secondary N) is 1. The molecule has 1 N–H and O–H groups in total. The highest BCUT2D eigenvalue weighted by molar-refractivity contribution is 5.41. The Morgan fingerprint density at radius 1 is 1.26 bits per heavy atom. The van der Waals surface area contributed by atoms with Crippen molar-refractivity contribution in [3.05, 3.63) is 23.4 Å². The first-order chi connectivity index (χ1) is 8.95. The maximum atomic E-state index is 4.74. The molecule has 108 valence electrons. The van der Waals surface area contributed by atoms with Crippen molar-refractivity contribution in [1.29, 1.82) is 0 Å². The Bertz CT molecular complexity index is 388. The van der Waals surface area contributed by atoms with Crippen molar-refractivity contribution in [2.45, 2.75) is 53.6 Å². The van der Waals surface area contributed by atoms with E-state index in [-0.39, 0.29) is 0 Å². The summed E-state index contributed by atoms with van der Waals surface area (Å²) in [6.07, 6.45) is 1.19. The first kappa shape index (κ1) is 16.0. The molecule has 1 unspecified atom stereocenters. The Kier molecular flexibility index (Phi) is 6.29. The molecule has 1 aromatic heterocycles. The van der Waals surface area contributed by atoms with Crippen LogP contribution in [0, 0.1) is 12.8 Å². The molecule has 0 aliphatic heterocycles. The van der Waals surface area contributed by atoms with Crippen LogP contribution < -0.4 is 10.2 Å². The molecule has 0 aliphatic rings. The quantitative estimate of drug-likeness (QED) is 0.817. The van der Waals surface area contributed by atoms with Gasteiger partial charge in [-0.05, 0) is 44.4 Å². The lowest BCUT2D eigenvalue weighted by Crippen LogP contribution is -2.31. The van der Waals surface area contributed by atoms with Crippen LogP contribution in [0.4, 0.5) is 5.82 Å². The zero-order valence-electron chi connectivity index (χ0n) is 13.3. The van der Waals surface area contributed by atoms with Crippen molar-refractivity contribution in [3.8, 4) is 0 Å². The summed E-state index contributed by atoms with van der Waals surface area (Å²) in [6.45, 7) is 12.9. The van der Waals surface area contributed by atoms with Crippen LogP contribution in [0.5, 0.6) is 0 Å². The van der Waals surface area contributed by atoms with E-state index in [1.54, 1.807) is 0 Å². The van der Waals surface area contributed by atoms with Crippen LogP contribution in [0.2, 0.25) is 0 Å². The van der Waals surface area contributed by atoms with Gasteiger partial charge in [0.2, 0.25) is 0 Å². The lowest BCUT2D eigenvalue weighted by atomic mass is 10.0. The van der Waals surface area contributed by atoms with E-state index in [0.29, 0.717) is 12.0 Å². The number of nitrogens with zero attached hydrogens (tertiary/aromatic N) is 2. The monoisotopic (exact) mass is 263 g/mol. The standard InChI is InChI=1S/C16H29N3/c1-7-17-11-15-8-9-16(18-14(15)5)19(6)13(4)10-12(2)3/h8-9,12-13,17H,7,10-11H2,1-6H3. The Hall–Kier alpha value is -1.09. The molecule has 0 saturated heterocycles. The maximum Gasteiger partial charge on any atom is 0.128 e. The Morgan fingerprint density at radius 2 is 1.95 bits per heavy atom. The molecule has 1 aromatic rings. The first-order valence-corrected chi connectivity index (χ1v) is 7.35. The number of hydrogen-bond donors (Lipinski definition) is 1. The fraction of sp³-hybridized carbons (Fsp3) is 0.688. The van der Waals surface area contributed by atoms with Crippen LogP contribution in [0.3, 0.4) is 0 Å². The van der Waals surface area contributed by atoms with Crippen LogP contribution in [0.1, 0.15) is 45.4 Å². The summed E-state index contributed by atoms with van der Waals surface area (Å²) in [5.74, 6) is 1.79. The highest BCUT2D eigenvalue weighted by Crippen LogP contribution is 2.19. The average Bonchev–Trinajstić information content (AvgIpc) is 2.35. The third kappa shape index (κ3) is 4.83. The van der Waals surface area contributed by atoms with Crippen molar-refractivity contribution in [2.75, 3.05) is 18.5 Å². The number of hydrogen-bond acceptors (Lipinski definition) is 3. The molecule has 0 aromatic carbocycles. The van der Waals surface area contributed by atoms with Crippen molar-refractivity contribution in [3.63, 3.8) is 0 Å². The van der Waals surface area contributed by atoms with E-state index in [1.807, 2.05) is 0 Å². The molecule has 0 aliphatic carbocycles. The summed E-state index contributed by atoms with van der Waals surface area (Å²) in [5, 5.41) is 3.35. The molecule has 0 amide bonds. The predicted octanol–water partition coefficient (Wildman–Crippen LogP) is 3.37. The minimum atomic E-state index is 0.520. The van der Waals surface area contributed by atoms with Crippen molar-refractivity contribution in [2.24, 2.45) is 5.92 Å². The summed E-state index contributed by atoms with van der Waals surface area (Å²) in [4.78, 5) is 7.02. The Balaban J connectivity index is 2.76. The van der Waals surface area contributed by atoms with Gasteiger partial charge in [0.15, 0.2) is 0 Å². The molecule has 0 spiro atoms.